The zero-order chi connectivity index (χ0) is 14.3. The van der Waals surface area contributed by atoms with Crippen LogP contribution in [0.2, 0.25) is 4.34 Å². The Kier molecular flexibility index (Phi) is 6.04. The molecular formula is C11H11ClN2O4S. The van der Waals surface area contributed by atoms with Gasteiger partial charge in [0.2, 0.25) is 0 Å². The van der Waals surface area contributed by atoms with Gasteiger partial charge in [-0.05, 0) is 12.1 Å². The van der Waals surface area contributed by atoms with Gasteiger partial charge in [-0.15, -0.1) is 17.9 Å². The molecule has 2 N–H and O–H groups in total. The average molecular weight is 303 g/mol. The van der Waals surface area contributed by atoms with Gasteiger partial charge in [-0.25, -0.2) is 9.59 Å². The predicted molar refractivity (Wildman–Crippen MR) is 71.3 cm³/mol. The summed E-state index contributed by atoms with van der Waals surface area (Å²) < 4.78 is 5.15. The van der Waals surface area contributed by atoms with Gasteiger partial charge in [0.1, 0.15) is 4.88 Å². The molecule has 0 atom stereocenters. The van der Waals surface area contributed by atoms with Crippen LogP contribution in [0.3, 0.4) is 0 Å². The second kappa shape index (κ2) is 7.55. The Morgan fingerprint density at radius 3 is 2.74 bits per heavy atom. The van der Waals surface area contributed by atoms with Crippen LogP contribution in [0.1, 0.15) is 9.67 Å². The first-order chi connectivity index (χ1) is 9.02. The number of hydrogen-bond donors (Lipinski definition) is 2. The van der Waals surface area contributed by atoms with Crippen LogP contribution in [0.15, 0.2) is 24.8 Å². The van der Waals surface area contributed by atoms with Crippen LogP contribution >= 0.6 is 22.9 Å². The molecule has 0 aliphatic heterocycles. The molecule has 0 unspecified atom stereocenters. The first kappa shape index (κ1) is 15.2. The summed E-state index contributed by atoms with van der Waals surface area (Å²) in [4.78, 5) is 34.1. The zero-order valence-corrected chi connectivity index (χ0v) is 11.3. The third-order valence-corrected chi connectivity index (χ3v) is 2.98. The molecule has 0 radical (unpaired) electrons. The lowest BCUT2D eigenvalue weighted by atomic mass is 10.5. The van der Waals surface area contributed by atoms with Crippen molar-refractivity contribution < 1.29 is 19.1 Å². The minimum atomic E-state index is -0.724. The molecule has 0 aliphatic carbocycles. The minimum absolute atomic E-state index is 0.229. The van der Waals surface area contributed by atoms with Crippen molar-refractivity contribution in [2.24, 2.45) is 0 Å². The number of nitrogens with one attached hydrogen (secondary N) is 2. The molecule has 0 bridgehead atoms. The number of rotatable bonds is 5. The Labute approximate surface area is 118 Å². The smallest absolute Gasteiger partial charge is 0.348 e. The molecular weight excluding hydrogens is 292 g/mol. The molecule has 102 valence electrons. The average Bonchev–Trinajstić information content (AvgIpc) is 2.80. The summed E-state index contributed by atoms with van der Waals surface area (Å²) in [7, 11) is 0. The number of imide groups is 1. The summed E-state index contributed by atoms with van der Waals surface area (Å²) in [5.41, 5.74) is 0. The van der Waals surface area contributed by atoms with Crippen molar-refractivity contribution in [2.45, 2.75) is 0 Å². The van der Waals surface area contributed by atoms with Crippen molar-refractivity contribution in [2.75, 3.05) is 13.2 Å². The van der Waals surface area contributed by atoms with Gasteiger partial charge in [-0.1, -0.05) is 17.7 Å². The van der Waals surface area contributed by atoms with E-state index in [9.17, 15) is 14.4 Å². The predicted octanol–water partition coefficient (Wildman–Crippen LogP) is 1.57. The molecule has 0 saturated heterocycles. The van der Waals surface area contributed by atoms with Crippen molar-refractivity contribution in [3.8, 4) is 0 Å². The van der Waals surface area contributed by atoms with E-state index in [-0.39, 0.29) is 11.4 Å². The highest BCUT2D eigenvalue weighted by Gasteiger charge is 2.13. The minimum Gasteiger partial charge on any atom is -0.451 e. The molecule has 0 aliphatic rings. The van der Waals surface area contributed by atoms with E-state index < -0.39 is 24.5 Å². The van der Waals surface area contributed by atoms with Crippen LogP contribution < -0.4 is 10.6 Å². The van der Waals surface area contributed by atoms with Gasteiger partial charge in [0, 0.05) is 6.54 Å². The number of halogens is 1. The van der Waals surface area contributed by atoms with Crippen LogP contribution in [0, 0.1) is 0 Å². The Balaban J connectivity index is 2.32. The summed E-state index contributed by atoms with van der Waals surface area (Å²) in [5, 5.41) is 4.33. The zero-order valence-electron chi connectivity index (χ0n) is 9.77. The van der Waals surface area contributed by atoms with E-state index in [1.807, 2.05) is 5.32 Å². The maximum absolute atomic E-state index is 11.5. The van der Waals surface area contributed by atoms with Crippen LogP contribution in [-0.2, 0) is 9.53 Å². The van der Waals surface area contributed by atoms with Gasteiger partial charge in [-0.2, -0.15) is 0 Å². The summed E-state index contributed by atoms with van der Waals surface area (Å²) in [6.07, 6.45) is 1.46. The van der Waals surface area contributed by atoms with E-state index >= 15 is 0 Å². The van der Waals surface area contributed by atoms with Crippen LogP contribution in [-0.4, -0.2) is 31.1 Å². The van der Waals surface area contributed by atoms with E-state index in [1.54, 1.807) is 6.07 Å². The quantitative estimate of drug-likeness (QED) is 0.639. The number of esters is 1. The van der Waals surface area contributed by atoms with E-state index in [2.05, 4.69) is 11.9 Å². The molecule has 1 rings (SSSR count). The topological polar surface area (TPSA) is 84.5 Å². The number of carbonyl (C=O) groups is 3. The normalized spacial score (nSPS) is 9.53. The fraction of sp³-hybridized carbons (Fsp3) is 0.182. The monoisotopic (exact) mass is 302 g/mol. The van der Waals surface area contributed by atoms with Crippen molar-refractivity contribution >= 4 is 40.8 Å². The van der Waals surface area contributed by atoms with Crippen LogP contribution in [0.4, 0.5) is 4.79 Å². The summed E-state index contributed by atoms with van der Waals surface area (Å²) in [6.45, 7) is 3.08. The van der Waals surface area contributed by atoms with Crippen molar-refractivity contribution in [1.29, 1.82) is 0 Å². The second-order valence-electron chi connectivity index (χ2n) is 3.23. The van der Waals surface area contributed by atoms with E-state index in [0.29, 0.717) is 4.34 Å². The van der Waals surface area contributed by atoms with Gasteiger partial charge >= 0.3 is 12.0 Å². The van der Waals surface area contributed by atoms with Crippen molar-refractivity contribution in [3.05, 3.63) is 34.0 Å². The first-order valence-corrected chi connectivity index (χ1v) is 6.33. The number of amides is 3. The lowest BCUT2D eigenvalue weighted by Gasteiger charge is -2.05. The third kappa shape index (κ3) is 5.54. The molecule has 0 fully saturated rings. The largest absolute Gasteiger partial charge is 0.451 e. The highest BCUT2D eigenvalue weighted by atomic mass is 35.5. The maximum atomic E-state index is 11.5. The number of carbonyl (C=O) groups excluding carboxylic acids is 3. The number of urea groups is 1. The molecule has 19 heavy (non-hydrogen) atoms. The highest BCUT2D eigenvalue weighted by Crippen LogP contribution is 2.21. The number of hydrogen-bond acceptors (Lipinski definition) is 5. The molecule has 1 heterocycles. The van der Waals surface area contributed by atoms with E-state index in [0.717, 1.165) is 11.3 Å². The standard InChI is InChI=1S/C11H11ClN2O4S/c1-2-5-13-11(17)14-9(15)6-18-10(16)7-3-4-8(12)19-7/h2-4H,1,5-6H2,(H2,13,14,15,17). The highest BCUT2D eigenvalue weighted by molar-refractivity contribution is 7.17. The second-order valence-corrected chi connectivity index (χ2v) is 4.94. The molecule has 1 aromatic heterocycles. The Hall–Kier alpha value is -1.86. The Morgan fingerprint density at radius 1 is 1.42 bits per heavy atom. The molecule has 8 heteroatoms. The van der Waals surface area contributed by atoms with Gasteiger partial charge < -0.3 is 10.1 Å². The van der Waals surface area contributed by atoms with E-state index in [4.69, 9.17) is 16.3 Å². The lowest BCUT2D eigenvalue weighted by molar-refractivity contribution is -0.123. The SMILES string of the molecule is C=CCNC(=O)NC(=O)COC(=O)c1ccc(Cl)s1. The van der Waals surface area contributed by atoms with Gasteiger partial charge in [0.15, 0.2) is 6.61 Å². The third-order valence-electron chi connectivity index (χ3n) is 1.77. The summed E-state index contributed by atoms with van der Waals surface area (Å²) >= 11 is 6.70. The van der Waals surface area contributed by atoms with Gasteiger partial charge in [0.25, 0.3) is 5.91 Å². The van der Waals surface area contributed by atoms with Crippen LogP contribution in [0.25, 0.3) is 0 Å². The van der Waals surface area contributed by atoms with Gasteiger partial charge in [0.05, 0.1) is 4.34 Å². The molecule has 0 saturated carbocycles. The Morgan fingerprint density at radius 2 is 2.16 bits per heavy atom. The molecule has 0 spiro atoms. The molecule has 0 aromatic carbocycles. The van der Waals surface area contributed by atoms with Crippen molar-refractivity contribution in [3.63, 3.8) is 0 Å². The fourth-order valence-electron chi connectivity index (χ4n) is 0.998. The van der Waals surface area contributed by atoms with Crippen molar-refractivity contribution in [1.82, 2.24) is 10.6 Å². The van der Waals surface area contributed by atoms with E-state index in [1.165, 1.54) is 12.1 Å². The number of thiophene rings is 1. The molecule has 3 amide bonds. The van der Waals surface area contributed by atoms with Gasteiger partial charge in [-0.3, -0.25) is 10.1 Å². The summed E-state index contributed by atoms with van der Waals surface area (Å²) in [5.74, 6) is -1.39. The lowest BCUT2D eigenvalue weighted by Crippen LogP contribution is -2.41. The van der Waals surface area contributed by atoms with Crippen LogP contribution in [0.5, 0.6) is 0 Å². The first-order valence-electron chi connectivity index (χ1n) is 5.14. The maximum Gasteiger partial charge on any atom is 0.348 e. The Bertz CT molecular complexity index is 501. The fourth-order valence-corrected chi connectivity index (χ4v) is 1.93. The number of ether oxygens (including phenoxy) is 1. The summed E-state index contributed by atoms with van der Waals surface area (Å²) in [6, 6.07) is 2.36. The molecule has 6 nitrogen and oxygen atoms in total. The molecule has 1 aromatic rings.